The number of unbranched alkanes of at least 4 members (excludes halogenated alkanes) is 3. The molecule has 1 N–H and O–H groups in total. The number of carbonyl (C=O) groups is 1. The van der Waals surface area contributed by atoms with Crippen LogP contribution in [0.15, 0.2) is 0 Å². The lowest BCUT2D eigenvalue weighted by atomic mass is 10.1. The molecule has 0 radical (unpaired) electrons. The van der Waals surface area contributed by atoms with Crippen LogP contribution in [0.4, 0.5) is 0 Å². The van der Waals surface area contributed by atoms with Crippen LogP contribution in [0.1, 0.15) is 98.3 Å². The molecule has 0 saturated carbocycles. The molecule has 164 valence electrons. The van der Waals surface area contributed by atoms with Gasteiger partial charge in [-0.05, 0) is 32.1 Å². The van der Waals surface area contributed by atoms with Crippen LogP contribution in [0.25, 0.3) is 0 Å². The van der Waals surface area contributed by atoms with Gasteiger partial charge < -0.3 is 0 Å². The van der Waals surface area contributed by atoms with Gasteiger partial charge in [0.2, 0.25) is 0 Å². The second-order valence-corrected chi connectivity index (χ2v) is 12.0. The van der Waals surface area contributed by atoms with Gasteiger partial charge in [0.25, 0.3) is 6.65 Å². The predicted octanol–water partition coefficient (Wildman–Crippen LogP) is 6.66. The number of Topliss-reactive ketones (excluding diaryl/α,β-unsaturated/α-hetero) is 1. The van der Waals surface area contributed by atoms with Crippen molar-refractivity contribution in [1.82, 2.24) is 9.76 Å². The molecule has 1 unspecified atom stereocenters. The largest absolute Gasteiger partial charge is 0.300 e. The van der Waals surface area contributed by atoms with Crippen LogP contribution in [-0.2, 0) is 9.36 Å². The quantitative estimate of drug-likeness (QED) is 0.150. The molecule has 6 heteroatoms. The minimum absolute atomic E-state index is 0.316. The van der Waals surface area contributed by atoms with Gasteiger partial charge in [-0.25, -0.2) is 9.76 Å². The first-order chi connectivity index (χ1) is 13.5. The van der Waals surface area contributed by atoms with Crippen LogP contribution in [0.3, 0.4) is 0 Å². The number of carbonyl (C=O) groups excluding carboxylic acids is 1. The Morgan fingerprint density at radius 1 is 0.929 bits per heavy atom. The lowest BCUT2D eigenvalue weighted by Crippen LogP contribution is -2.29. The molecule has 0 aromatic rings. The van der Waals surface area contributed by atoms with Crippen molar-refractivity contribution < 1.29 is 9.36 Å². The van der Waals surface area contributed by atoms with E-state index in [0.717, 1.165) is 76.8 Å². The van der Waals surface area contributed by atoms with E-state index in [1.165, 1.54) is 0 Å². The summed E-state index contributed by atoms with van der Waals surface area (Å²) in [6.07, 6.45) is 9.94. The average Bonchev–Trinajstić information content (AvgIpc) is 2.68. The third-order valence-corrected chi connectivity index (χ3v) is 9.64. The number of nitrogens with one attached hydrogen (secondary N) is 1. The summed E-state index contributed by atoms with van der Waals surface area (Å²) < 4.78 is 15.8. The number of hydrogen-bond acceptors (Lipinski definition) is 3. The second kappa shape index (κ2) is 18.7. The van der Waals surface area contributed by atoms with E-state index in [4.69, 9.17) is 0 Å². The molecule has 0 aromatic carbocycles. The zero-order valence-electron chi connectivity index (χ0n) is 18.7. The van der Waals surface area contributed by atoms with Crippen molar-refractivity contribution in [3.63, 3.8) is 0 Å². The molecule has 0 fully saturated rings. The highest BCUT2D eigenvalue weighted by atomic mass is 32.7. The highest BCUT2D eigenvalue weighted by Gasteiger charge is 2.29. The van der Waals surface area contributed by atoms with E-state index >= 15 is 0 Å². The zero-order chi connectivity index (χ0) is 21.1. The highest BCUT2D eigenvalue weighted by Crippen LogP contribution is 2.58. The predicted molar refractivity (Wildman–Crippen MR) is 126 cm³/mol. The van der Waals surface area contributed by atoms with Crippen molar-refractivity contribution in [1.29, 1.82) is 0 Å². The van der Waals surface area contributed by atoms with Crippen LogP contribution < -0.4 is 5.09 Å². The Bertz CT molecular complexity index is 497. The summed E-state index contributed by atoms with van der Waals surface area (Å²) in [5.74, 6) is 7.29. The summed E-state index contributed by atoms with van der Waals surface area (Å²) in [5, 5.41) is 3.40. The second-order valence-electron chi connectivity index (χ2n) is 7.13. The lowest BCUT2D eigenvalue weighted by molar-refractivity contribution is -0.119. The molecule has 4 nitrogen and oxygen atoms in total. The van der Waals surface area contributed by atoms with Crippen molar-refractivity contribution in [2.75, 3.05) is 25.4 Å². The molecule has 0 amide bonds. The summed E-state index contributed by atoms with van der Waals surface area (Å²) in [6.45, 7) is 8.45. The van der Waals surface area contributed by atoms with Crippen molar-refractivity contribution in [2.45, 2.75) is 98.3 Å². The Morgan fingerprint density at radius 3 is 2.25 bits per heavy atom. The fraction of sp³-hybridized carbons (Fsp3) is 0.864. The summed E-state index contributed by atoms with van der Waals surface area (Å²) in [6, 6.07) is 0. The monoisotopic (exact) mass is 430 g/mol. The minimum atomic E-state index is -2.56. The molecule has 0 saturated heterocycles. The van der Waals surface area contributed by atoms with Gasteiger partial charge in [0.1, 0.15) is 5.78 Å². The first-order valence-electron chi connectivity index (χ1n) is 11.3. The van der Waals surface area contributed by atoms with Gasteiger partial charge in [-0.1, -0.05) is 51.9 Å². The maximum absolute atomic E-state index is 13.6. The first-order valence-corrected chi connectivity index (χ1v) is 14.5. The normalized spacial score (nSPS) is 13.2. The van der Waals surface area contributed by atoms with Gasteiger partial charge >= 0.3 is 0 Å². The zero-order valence-corrected chi connectivity index (χ0v) is 20.4. The first kappa shape index (κ1) is 27.7. The Balaban J connectivity index is 4.28. The molecule has 0 heterocycles. The number of ketones is 1. The average molecular weight is 431 g/mol. The maximum atomic E-state index is 13.6. The highest BCUT2D eigenvalue weighted by molar-refractivity contribution is 8.56. The standard InChI is InChI=1S/C22H43N2O2PS/c1-5-9-11-13-16-22(25)17-14-12-15-18-23-27(26,28-21-10-6-2)24(19-7-3)20-8-4/h5-8,10,12-21H2,1-4H3,(H,23,26). The molecule has 0 aliphatic heterocycles. The van der Waals surface area contributed by atoms with Gasteiger partial charge in [0.15, 0.2) is 0 Å². The van der Waals surface area contributed by atoms with Crippen LogP contribution in [0.2, 0.25) is 0 Å². The van der Waals surface area contributed by atoms with Crippen LogP contribution >= 0.6 is 18.0 Å². The summed E-state index contributed by atoms with van der Waals surface area (Å²) in [4.78, 5) is 11.8. The molecule has 0 rings (SSSR count). The molecule has 0 aromatic heterocycles. The van der Waals surface area contributed by atoms with E-state index in [-0.39, 0.29) is 0 Å². The van der Waals surface area contributed by atoms with Crippen LogP contribution in [-0.4, -0.2) is 35.8 Å². The third-order valence-electron chi connectivity index (χ3n) is 4.37. The van der Waals surface area contributed by atoms with E-state index in [1.807, 2.05) is 6.92 Å². The molecule has 0 aliphatic carbocycles. The van der Waals surface area contributed by atoms with Gasteiger partial charge in [0.05, 0.1) is 0 Å². The third kappa shape index (κ3) is 13.8. The van der Waals surface area contributed by atoms with Gasteiger partial charge in [-0.3, -0.25) is 9.36 Å². The number of rotatable bonds is 18. The number of hydrogen-bond donors (Lipinski definition) is 1. The van der Waals surface area contributed by atoms with E-state index in [0.29, 0.717) is 25.0 Å². The van der Waals surface area contributed by atoms with Crippen LogP contribution in [0, 0.1) is 11.8 Å². The Morgan fingerprint density at radius 2 is 1.64 bits per heavy atom. The van der Waals surface area contributed by atoms with Crippen LogP contribution in [0.5, 0.6) is 0 Å². The molecule has 1 atom stereocenters. The molecule has 0 spiro atoms. The maximum Gasteiger partial charge on any atom is 0.269 e. The van der Waals surface area contributed by atoms with Gasteiger partial charge in [-0.2, -0.15) is 0 Å². The van der Waals surface area contributed by atoms with E-state index in [2.05, 4.69) is 42.4 Å². The summed E-state index contributed by atoms with van der Waals surface area (Å²) in [7, 11) is 0. The fourth-order valence-electron chi connectivity index (χ4n) is 2.84. The van der Waals surface area contributed by atoms with Crippen molar-refractivity contribution in [3.05, 3.63) is 0 Å². The van der Waals surface area contributed by atoms with E-state index in [9.17, 15) is 9.36 Å². The van der Waals surface area contributed by atoms with Crippen molar-refractivity contribution in [3.8, 4) is 11.8 Å². The van der Waals surface area contributed by atoms with Gasteiger partial charge in [0, 0.05) is 51.1 Å². The molecular weight excluding hydrogens is 387 g/mol. The Kier molecular flexibility index (Phi) is 18.6. The van der Waals surface area contributed by atoms with Crippen molar-refractivity contribution >= 4 is 23.8 Å². The SMILES string of the molecule is CCC#CCCC(=O)CCCCCNP(=O)(SCCCC)N(CCC)CCC. The molecule has 0 aliphatic rings. The summed E-state index contributed by atoms with van der Waals surface area (Å²) in [5.41, 5.74) is 0. The molecule has 28 heavy (non-hydrogen) atoms. The minimum Gasteiger partial charge on any atom is -0.300 e. The Labute approximate surface area is 178 Å². The Hall–Kier alpha value is -0.270. The number of nitrogens with zero attached hydrogens (tertiary/aromatic N) is 1. The fourth-order valence-corrected chi connectivity index (χ4v) is 7.98. The molecule has 0 bridgehead atoms. The van der Waals surface area contributed by atoms with Crippen molar-refractivity contribution in [2.24, 2.45) is 0 Å². The molecular formula is C22H43N2O2PS. The smallest absolute Gasteiger partial charge is 0.269 e. The van der Waals surface area contributed by atoms with E-state index < -0.39 is 6.65 Å². The lowest BCUT2D eigenvalue weighted by Gasteiger charge is -2.31. The van der Waals surface area contributed by atoms with E-state index in [1.54, 1.807) is 11.4 Å². The summed E-state index contributed by atoms with van der Waals surface area (Å²) >= 11 is 1.62. The van der Waals surface area contributed by atoms with Gasteiger partial charge in [-0.15, -0.1) is 11.8 Å². The topological polar surface area (TPSA) is 49.4 Å².